The van der Waals surface area contributed by atoms with Crippen molar-refractivity contribution in [3.8, 4) is 0 Å². The number of hydrogen-bond acceptors (Lipinski definition) is 4. The van der Waals surface area contributed by atoms with E-state index >= 15 is 0 Å². The third kappa shape index (κ3) is 4.17. The van der Waals surface area contributed by atoms with Crippen LogP contribution in [0.15, 0.2) is 18.3 Å². The van der Waals surface area contributed by atoms with Crippen molar-refractivity contribution in [2.24, 2.45) is 0 Å². The van der Waals surface area contributed by atoms with E-state index in [1.165, 1.54) is 24.8 Å². The Morgan fingerprint density at radius 1 is 1.24 bits per heavy atom. The summed E-state index contributed by atoms with van der Waals surface area (Å²) in [5, 5.41) is 3.31. The van der Waals surface area contributed by atoms with Gasteiger partial charge in [0.1, 0.15) is 5.82 Å². The minimum atomic E-state index is 0.394. The summed E-state index contributed by atoms with van der Waals surface area (Å²) in [5.41, 5.74) is 1.68. The number of rotatable bonds is 8. The van der Waals surface area contributed by atoms with E-state index < -0.39 is 0 Å². The third-order valence-electron chi connectivity index (χ3n) is 4.63. The predicted molar refractivity (Wildman–Crippen MR) is 89.6 cm³/mol. The minimum absolute atomic E-state index is 0.394. The first-order valence-corrected chi connectivity index (χ1v) is 8.10. The van der Waals surface area contributed by atoms with Crippen LogP contribution in [0.4, 0.5) is 5.82 Å². The maximum atomic E-state index is 4.49. The third-order valence-corrected chi connectivity index (χ3v) is 4.63. The van der Waals surface area contributed by atoms with Gasteiger partial charge in [-0.2, -0.15) is 0 Å². The molecule has 0 spiro atoms. The molecule has 0 saturated heterocycles. The number of nitrogens with zero attached hydrogens (tertiary/aromatic N) is 3. The van der Waals surface area contributed by atoms with Crippen LogP contribution in [-0.2, 0) is 6.54 Å². The van der Waals surface area contributed by atoms with E-state index in [2.05, 4.69) is 60.3 Å². The van der Waals surface area contributed by atoms with Crippen LogP contribution in [0.1, 0.15) is 38.2 Å². The van der Waals surface area contributed by atoms with Crippen LogP contribution in [0.25, 0.3) is 0 Å². The van der Waals surface area contributed by atoms with Crippen molar-refractivity contribution in [3.05, 3.63) is 23.9 Å². The Bertz CT molecular complexity index is 423. The summed E-state index contributed by atoms with van der Waals surface area (Å²) >= 11 is 0. The second-order valence-electron chi connectivity index (χ2n) is 6.62. The van der Waals surface area contributed by atoms with E-state index in [1.54, 1.807) is 0 Å². The highest BCUT2D eigenvalue weighted by Crippen LogP contribution is 2.36. The van der Waals surface area contributed by atoms with Crippen molar-refractivity contribution in [1.82, 2.24) is 14.8 Å². The van der Waals surface area contributed by atoms with Crippen molar-refractivity contribution in [3.63, 3.8) is 0 Å². The summed E-state index contributed by atoms with van der Waals surface area (Å²) in [7, 11) is 6.64. The maximum Gasteiger partial charge on any atom is 0.125 e. The molecular formula is C17H30N4. The van der Waals surface area contributed by atoms with Gasteiger partial charge >= 0.3 is 0 Å². The van der Waals surface area contributed by atoms with E-state index in [9.17, 15) is 0 Å². The molecule has 1 saturated carbocycles. The summed E-state index contributed by atoms with van der Waals surface area (Å²) in [6, 6.07) is 4.27. The van der Waals surface area contributed by atoms with Crippen LogP contribution >= 0.6 is 0 Å². The molecule has 0 aliphatic heterocycles. The molecule has 0 radical (unpaired) electrons. The van der Waals surface area contributed by atoms with Crippen LogP contribution in [0.5, 0.6) is 0 Å². The largest absolute Gasteiger partial charge is 0.370 e. The summed E-state index contributed by atoms with van der Waals surface area (Å²) in [6.07, 6.45) is 7.13. The second-order valence-corrected chi connectivity index (χ2v) is 6.62. The van der Waals surface area contributed by atoms with Crippen LogP contribution in [0.2, 0.25) is 0 Å². The minimum Gasteiger partial charge on any atom is -0.370 e. The first-order chi connectivity index (χ1) is 10.1. The predicted octanol–water partition coefficient (Wildman–Crippen LogP) is 2.82. The van der Waals surface area contributed by atoms with Crippen molar-refractivity contribution < 1.29 is 0 Å². The first-order valence-electron chi connectivity index (χ1n) is 8.10. The van der Waals surface area contributed by atoms with Crippen LogP contribution in [0, 0.1) is 0 Å². The molecule has 1 fully saturated rings. The van der Waals surface area contributed by atoms with E-state index in [-0.39, 0.29) is 0 Å². The molecule has 1 aliphatic rings. The molecule has 0 atom stereocenters. The second kappa shape index (κ2) is 7.23. The Balaban J connectivity index is 1.86. The van der Waals surface area contributed by atoms with E-state index in [0.29, 0.717) is 5.54 Å². The summed E-state index contributed by atoms with van der Waals surface area (Å²) in [5.74, 6) is 0.979. The van der Waals surface area contributed by atoms with Gasteiger partial charge in [0, 0.05) is 31.4 Å². The fraction of sp³-hybridized carbons (Fsp3) is 0.706. The van der Waals surface area contributed by atoms with Crippen LogP contribution in [-0.4, -0.2) is 54.6 Å². The van der Waals surface area contributed by atoms with Crippen LogP contribution < -0.4 is 5.32 Å². The summed E-state index contributed by atoms with van der Waals surface area (Å²) in [6.45, 7) is 5.25. The lowest BCUT2D eigenvalue weighted by atomic mass is 9.75. The monoisotopic (exact) mass is 290 g/mol. The average Bonchev–Trinajstić information content (AvgIpc) is 2.41. The van der Waals surface area contributed by atoms with Gasteiger partial charge in [0.15, 0.2) is 0 Å². The van der Waals surface area contributed by atoms with Gasteiger partial charge in [-0.3, -0.25) is 0 Å². The zero-order chi connectivity index (χ0) is 15.3. The Morgan fingerprint density at radius 3 is 2.48 bits per heavy atom. The highest BCUT2D eigenvalue weighted by molar-refractivity contribution is 5.35. The van der Waals surface area contributed by atoms with Gasteiger partial charge in [-0.05, 0) is 58.5 Å². The Labute approximate surface area is 129 Å². The van der Waals surface area contributed by atoms with Gasteiger partial charge in [-0.1, -0.05) is 13.0 Å². The number of aromatic nitrogens is 1. The molecule has 2 rings (SSSR count). The average molecular weight is 290 g/mol. The van der Waals surface area contributed by atoms with Crippen molar-refractivity contribution in [2.75, 3.05) is 39.5 Å². The van der Waals surface area contributed by atoms with E-state index in [1.807, 2.05) is 6.20 Å². The zero-order valence-corrected chi connectivity index (χ0v) is 14.0. The quantitative estimate of drug-likeness (QED) is 0.798. The number of anilines is 1. The van der Waals surface area contributed by atoms with Gasteiger partial charge in [0.05, 0.1) is 0 Å². The van der Waals surface area contributed by atoms with Crippen molar-refractivity contribution in [2.45, 2.75) is 44.7 Å². The lowest BCUT2D eigenvalue weighted by molar-refractivity contribution is 0.0259. The maximum absolute atomic E-state index is 4.49. The van der Waals surface area contributed by atoms with Gasteiger partial charge < -0.3 is 15.1 Å². The molecule has 0 unspecified atom stereocenters. The fourth-order valence-electron chi connectivity index (χ4n) is 3.08. The Morgan fingerprint density at radius 2 is 2.00 bits per heavy atom. The van der Waals surface area contributed by atoms with Gasteiger partial charge in [-0.15, -0.1) is 0 Å². The molecule has 21 heavy (non-hydrogen) atoms. The first kappa shape index (κ1) is 16.2. The Hall–Kier alpha value is -1.13. The molecule has 0 bridgehead atoms. The molecule has 1 aliphatic carbocycles. The number of likely N-dealkylation sites (N-methyl/N-ethyl adjacent to an activating group) is 2. The molecular weight excluding hydrogens is 260 g/mol. The fourth-order valence-corrected chi connectivity index (χ4v) is 3.08. The number of nitrogens with one attached hydrogen (secondary N) is 1. The standard InChI is InChI=1S/C17H30N4/c1-5-11-18-16-8-7-15(12-19-16)13-21(4)14-17(20(2)3)9-6-10-17/h7-8,12H,5-6,9-11,13-14H2,1-4H3,(H,18,19). The lowest BCUT2D eigenvalue weighted by Gasteiger charge is -2.49. The molecule has 0 amide bonds. The lowest BCUT2D eigenvalue weighted by Crippen LogP contribution is -2.56. The van der Waals surface area contributed by atoms with Crippen molar-refractivity contribution in [1.29, 1.82) is 0 Å². The summed E-state index contributed by atoms with van der Waals surface area (Å²) in [4.78, 5) is 9.32. The molecule has 0 aromatic carbocycles. The number of pyridine rings is 1. The topological polar surface area (TPSA) is 31.4 Å². The smallest absolute Gasteiger partial charge is 0.125 e. The molecule has 118 valence electrons. The molecule has 1 heterocycles. The molecule has 1 aromatic rings. The molecule has 4 nitrogen and oxygen atoms in total. The van der Waals surface area contributed by atoms with Crippen molar-refractivity contribution >= 4 is 5.82 Å². The highest BCUT2D eigenvalue weighted by Gasteiger charge is 2.39. The SMILES string of the molecule is CCCNc1ccc(CN(C)CC2(N(C)C)CCC2)cn1. The Kier molecular flexibility index (Phi) is 5.59. The molecule has 4 heteroatoms. The number of hydrogen-bond donors (Lipinski definition) is 1. The van der Waals surface area contributed by atoms with E-state index in [0.717, 1.165) is 31.9 Å². The normalized spacial score (nSPS) is 17.0. The van der Waals surface area contributed by atoms with Gasteiger partial charge in [-0.25, -0.2) is 4.98 Å². The molecule has 1 N–H and O–H groups in total. The van der Waals surface area contributed by atoms with Gasteiger partial charge in [0.2, 0.25) is 0 Å². The van der Waals surface area contributed by atoms with E-state index in [4.69, 9.17) is 0 Å². The molecule has 1 aromatic heterocycles. The summed E-state index contributed by atoms with van der Waals surface area (Å²) < 4.78 is 0. The highest BCUT2D eigenvalue weighted by atomic mass is 15.2. The van der Waals surface area contributed by atoms with Gasteiger partial charge in [0.25, 0.3) is 0 Å². The zero-order valence-electron chi connectivity index (χ0n) is 14.0. The van der Waals surface area contributed by atoms with Crippen LogP contribution in [0.3, 0.4) is 0 Å².